The van der Waals surface area contributed by atoms with E-state index < -0.39 is 0 Å². The molecular weight excluding hydrogens is 212 g/mol. The number of carbonyl (C=O) groups is 1. The Morgan fingerprint density at radius 2 is 1.88 bits per heavy atom. The molecule has 0 bridgehead atoms. The van der Waals surface area contributed by atoms with Crippen LogP contribution in [0.25, 0.3) is 0 Å². The van der Waals surface area contributed by atoms with Crippen molar-refractivity contribution in [3.8, 4) is 0 Å². The molecule has 1 aliphatic heterocycles. The maximum atomic E-state index is 12.6. The van der Waals surface area contributed by atoms with E-state index in [0.717, 1.165) is 32.4 Å². The lowest BCUT2D eigenvalue weighted by molar-refractivity contribution is -0.150. The fraction of sp³-hybridized carbons (Fsp3) is 0.929. The monoisotopic (exact) mass is 236 g/mol. The second-order valence-electron chi connectivity index (χ2n) is 6.51. The lowest BCUT2D eigenvalue weighted by Gasteiger charge is -2.51. The van der Waals surface area contributed by atoms with Gasteiger partial charge >= 0.3 is 0 Å². The highest BCUT2D eigenvalue weighted by molar-refractivity contribution is 5.84. The zero-order chi connectivity index (χ0) is 12.1. The summed E-state index contributed by atoms with van der Waals surface area (Å²) in [5.74, 6) is 1.10. The molecule has 17 heavy (non-hydrogen) atoms. The van der Waals surface area contributed by atoms with Gasteiger partial charge in [-0.3, -0.25) is 4.79 Å². The summed E-state index contributed by atoms with van der Waals surface area (Å²) < 4.78 is 0. The summed E-state index contributed by atoms with van der Waals surface area (Å²) >= 11 is 0. The van der Waals surface area contributed by atoms with E-state index in [2.05, 4.69) is 6.92 Å². The number of hydrogen-bond acceptors (Lipinski definition) is 2. The molecule has 3 rings (SSSR count). The normalized spacial score (nSPS) is 30.1. The third kappa shape index (κ3) is 1.70. The van der Waals surface area contributed by atoms with Crippen molar-refractivity contribution in [3.05, 3.63) is 0 Å². The Kier molecular flexibility index (Phi) is 2.51. The van der Waals surface area contributed by atoms with Gasteiger partial charge in [0, 0.05) is 18.5 Å². The van der Waals surface area contributed by atoms with E-state index in [9.17, 15) is 4.79 Å². The van der Waals surface area contributed by atoms with Gasteiger partial charge in [-0.2, -0.15) is 0 Å². The Hall–Kier alpha value is -0.570. The first kappa shape index (κ1) is 11.5. The van der Waals surface area contributed by atoms with E-state index in [4.69, 9.17) is 5.73 Å². The summed E-state index contributed by atoms with van der Waals surface area (Å²) in [5, 5.41) is 0. The van der Waals surface area contributed by atoms with Crippen molar-refractivity contribution in [1.82, 2.24) is 4.90 Å². The van der Waals surface area contributed by atoms with Crippen LogP contribution in [0.4, 0.5) is 0 Å². The summed E-state index contributed by atoms with van der Waals surface area (Å²) in [4.78, 5) is 14.6. The molecule has 96 valence electrons. The number of nitrogens with zero attached hydrogens (tertiary/aromatic N) is 1. The predicted octanol–water partition coefficient (Wildman–Crippen LogP) is 1.91. The Morgan fingerprint density at radius 3 is 2.35 bits per heavy atom. The molecule has 1 heterocycles. The average Bonchev–Trinajstić information content (AvgIpc) is 3.03. The summed E-state index contributed by atoms with van der Waals surface area (Å²) in [5.41, 5.74) is 6.28. The van der Waals surface area contributed by atoms with Crippen LogP contribution in [-0.2, 0) is 4.79 Å². The van der Waals surface area contributed by atoms with Gasteiger partial charge in [0.05, 0.1) is 5.54 Å². The molecule has 0 radical (unpaired) electrons. The maximum absolute atomic E-state index is 12.6. The molecule has 2 aliphatic carbocycles. The van der Waals surface area contributed by atoms with Crippen LogP contribution < -0.4 is 5.73 Å². The van der Waals surface area contributed by atoms with Crippen LogP contribution in [0.3, 0.4) is 0 Å². The summed E-state index contributed by atoms with van der Waals surface area (Å²) in [6.07, 6.45) is 8.20. The Balaban J connectivity index is 1.64. The topological polar surface area (TPSA) is 46.3 Å². The second-order valence-corrected chi connectivity index (χ2v) is 6.51. The zero-order valence-corrected chi connectivity index (χ0v) is 10.9. The molecule has 2 N–H and O–H groups in total. The highest BCUT2D eigenvalue weighted by Crippen LogP contribution is 2.47. The van der Waals surface area contributed by atoms with Crippen LogP contribution in [-0.4, -0.2) is 29.4 Å². The van der Waals surface area contributed by atoms with Crippen molar-refractivity contribution in [1.29, 1.82) is 0 Å². The molecule has 3 nitrogen and oxygen atoms in total. The summed E-state index contributed by atoms with van der Waals surface area (Å²) in [6, 6.07) is 0. The number of carbonyl (C=O) groups excluding carboxylic acids is 1. The van der Waals surface area contributed by atoms with Crippen molar-refractivity contribution in [2.45, 2.75) is 57.4 Å². The van der Waals surface area contributed by atoms with Gasteiger partial charge in [-0.25, -0.2) is 0 Å². The molecule has 1 saturated heterocycles. The Morgan fingerprint density at radius 1 is 1.29 bits per heavy atom. The van der Waals surface area contributed by atoms with Gasteiger partial charge in [0.1, 0.15) is 0 Å². The molecule has 0 atom stereocenters. The Labute approximate surface area is 104 Å². The molecule has 2 saturated carbocycles. The third-order valence-electron chi connectivity index (χ3n) is 5.34. The van der Waals surface area contributed by atoms with E-state index in [1.165, 1.54) is 25.7 Å². The highest BCUT2D eigenvalue weighted by Gasteiger charge is 2.54. The summed E-state index contributed by atoms with van der Waals surface area (Å²) in [6.45, 7) is 3.80. The third-order valence-corrected chi connectivity index (χ3v) is 5.34. The van der Waals surface area contributed by atoms with Gasteiger partial charge in [-0.15, -0.1) is 0 Å². The van der Waals surface area contributed by atoms with E-state index in [0.29, 0.717) is 11.8 Å². The predicted molar refractivity (Wildman–Crippen MR) is 67.4 cm³/mol. The number of rotatable bonds is 3. The van der Waals surface area contributed by atoms with E-state index in [1.54, 1.807) is 0 Å². The van der Waals surface area contributed by atoms with Crippen molar-refractivity contribution < 1.29 is 4.79 Å². The van der Waals surface area contributed by atoms with E-state index in [-0.39, 0.29) is 11.0 Å². The van der Waals surface area contributed by atoms with Crippen molar-refractivity contribution in [3.63, 3.8) is 0 Å². The van der Waals surface area contributed by atoms with Crippen molar-refractivity contribution in [2.75, 3.05) is 13.1 Å². The molecule has 0 spiro atoms. The van der Waals surface area contributed by atoms with E-state index >= 15 is 0 Å². The van der Waals surface area contributed by atoms with Gasteiger partial charge in [-0.05, 0) is 38.0 Å². The quantitative estimate of drug-likeness (QED) is 0.813. The van der Waals surface area contributed by atoms with Gasteiger partial charge in [0.15, 0.2) is 0 Å². The summed E-state index contributed by atoms with van der Waals surface area (Å²) in [7, 11) is 0. The minimum atomic E-state index is -0.0246. The number of nitrogens with two attached hydrogens (primary N) is 1. The first-order valence-electron chi connectivity index (χ1n) is 7.18. The average molecular weight is 236 g/mol. The van der Waals surface area contributed by atoms with Gasteiger partial charge < -0.3 is 10.6 Å². The van der Waals surface area contributed by atoms with Gasteiger partial charge in [-0.1, -0.05) is 19.8 Å². The molecule has 3 fully saturated rings. The molecule has 3 aliphatic rings. The van der Waals surface area contributed by atoms with Gasteiger partial charge in [0.2, 0.25) is 5.91 Å². The minimum absolute atomic E-state index is 0.0229. The lowest BCUT2D eigenvalue weighted by Crippen LogP contribution is -2.71. The number of amides is 1. The van der Waals surface area contributed by atoms with E-state index in [1.807, 2.05) is 4.90 Å². The molecule has 0 unspecified atom stereocenters. The van der Waals surface area contributed by atoms with Crippen LogP contribution in [0, 0.1) is 11.3 Å². The van der Waals surface area contributed by atoms with Crippen molar-refractivity contribution >= 4 is 5.91 Å². The standard InChI is InChI=1S/C14H24N2O/c1-2-13(7-3-4-8-13)12(17)16-9-14(15,10-16)11-5-6-11/h11H,2-10,15H2,1H3. The Bertz CT molecular complexity index is 323. The molecular formula is C14H24N2O. The fourth-order valence-electron chi connectivity index (χ4n) is 3.83. The molecule has 1 amide bonds. The van der Waals surface area contributed by atoms with Crippen LogP contribution in [0.2, 0.25) is 0 Å². The smallest absolute Gasteiger partial charge is 0.228 e. The van der Waals surface area contributed by atoms with Crippen LogP contribution >= 0.6 is 0 Å². The fourth-order valence-corrected chi connectivity index (χ4v) is 3.83. The lowest BCUT2D eigenvalue weighted by atomic mass is 9.78. The van der Waals surface area contributed by atoms with Crippen LogP contribution in [0.5, 0.6) is 0 Å². The molecule has 0 aromatic heterocycles. The van der Waals surface area contributed by atoms with Gasteiger partial charge in [0.25, 0.3) is 0 Å². The first-order chi connectivity index (χ1) is 8.10. The molecule has 0 aromatic carbocycles. The second kappa shape index (κ2) is 3.71. The molecule has 3 heteroatoms. The first-order valence-corrected chi connectivity index (χ1v) is 7.18. The number of likely N-dealkylation sites (tertiary alicyclic amines) is 1. The zero-order valence-electron chi connectivity index (χ0n) is 10.9. The number of hydrogen-bond donors (Lipinski definition) is 1. The SMILES string of the molecule is CCC1(C(=O)N2CC(N)(C3CC3)C2)CCCC1. The van der Waals surface area contributed by atoms with Crippen LogP contribution in [0.1, 0.15) is 51.9 Å². The van der Waals surface area contributed by atoms with Crippen molar-refractivity contribution in [2.24, 2.45) is 17.1 Å². The maximum Gasteiger partial charge on any atom is 0.228 e. The van der Waals surface area contributed by atoms with Crippen LogP contribution in [0.15, 0.2) is 0 Å². The highest BCUT2D eigenvalue weighted by atomic mass is 16.2. The minimum Gasteiger partial charge on any atom is -0.338 e. The molecule has 0 aromatic rings. The largest absolute Gasteiger partial charge is 0.338 e.